The summed E-state index contributed by atoms with van der Waals surface area (Å²) in [6, 6.07) is 23.8. The molecule has 31 heavy (non-hydrogen) atoms. The van der Waals surface area contributed by atoms with Crippen molar-refractivity contribution < 1.29 is 29.0 Å². The molecule has 0 aliphatic rings. The second-order valence-corrected chi connectivity index (χ2v) is 9.40. The second-order valence-electron chi connectivity index (χ2n) is 6.67. The molecule has 0 amide bonds. The van der Waals surface area contributed by atoms with E-state index in [9.17, 15) is 4.57 Å². The van der Waals surface area contributed by atoms with Gasteiger partial charge in [0.05, 0.1) is 31.7 Å². The zero-order valence-electron chi connectivity index (χ0n) is 17.2. The van der Waals surface area contributed by atoms with Crippen LogP contribution in [0, 0.1) is 0 Å². The Hall–Kier alpha value is -2.63. The van der Waals surface area contributed by atoms with Crippen molar-refractivity contribution in [2.24, 2.45) is 0 Å². The zero-order chi connectivity index (χ0) is 21.9. The molecule has 0 spiro atoms. The quantitative estimate of drug-likeness (QED) is 0.330. The SMILES string of the molecule is O=P(c1ccccc1)(c1ccccc1)c1cc(OCCO)ccc1OCCOCCO. The monoisotopic (exact) mass is 442 g/mol. The zero-order valence-corrected chi connectivity index (χ0v) is 18.1. The maximum Gasteiger partial charge on any atom is 0.174 e. The van der Waals surface area contributed by atoms with Crippen LogP contribution in [0.3, 0.4) is 0 Å². The third-order valence-electron chi connectivity index (χ3n) is 4.59. The maximum absolute atomic E-state index is 14.8. The van der Waals surface area contributed by atoms with Crippen molar-refractivity contribution in [1.29, 1.82) is 0 Å². The molecular formula is C24H27O6P. The molecule has 2 N–H and O–H groups in total. The van der Waals surface area contributed by atoms with Crippen molar-refractivity contribution in [2.45, 2.75) is 0 Å². The van der Waals surface area contributed by atoms with Gasteiger partial charge in [-0.1, -0.05) is 60.7 Å². The summed E-state index contributed by atoms with van der Waals surface area (Å²) in [7, 11) is -3.28. The minimum Gasteiger partial charge on any atom is -0.491 e. The van der Waals surface area contributed by atoms with E-state index in [0.29, 0.717) is 34.0 Å². The number of hydrogen-bond donors (Lipinski definition) is 2. The Morgan fingerprint density at radius 1 is 0.677 bits per heavy atom. The van der Waals surface area contributed by atoms with Gasteiger partial charge in [-0.05, 0) is 18.2 Å². The van der Waals surface area contributed by atoms with E-state index in [0.717, 1.165) is 0 Å². The maximum atomic E-state index is 14.8. The molecule has 6 nitrogen and oxygen atoms in total. The van der Waals surface area contributed by atoms with Gasteiger partial charge in [0.25, 0.3) is 0 Å². The Kier molecular flexibility index (Phi) is 8.68. The van der Waals surface area contributed by atoms with Gasteiger partial charge in [-0.15, -0.1) is 0 Å². The lowest BCUT2D eigenvalue weighted by Crippen LogP contribution is -2.27. The molecule has 3 aromatic rings. The van der Waals surface area contributed by atoms with E-state index in [1.807, 2.05) is 60.7 Å². The predicted molar refractivity (Wildman–Crippen MR) is 122 cm³/mol. The van der Waals surface area contributed by atoms with Crippen molar-refractivity contribution in [3.63, 3.8) is 0 Å². The molecule has 0 bridgehead atoms. The van der Waals surface area contributed by atoms with E-state index >= 15 is 0 Å². The highest BCUT2D eigenvalue weighted by molar-refractivity contribution is 7.85. The molecule has 164 valence electrons. The van der Waals surface area contributed by atoms with Gasteiger partial charge in [-0.2, -0.15) is 0 Å². The first kappa shape index (κ1) is 23.0. The van der Waals surface area contributed by atoms with Crippen LogP contribution in [0.2, 0.25) is 0 Å². The lowest BCUT2D eigenvalue weighted by atomic mass is 10.3. The van der Waals surface area contributed by atoms with E-state index in [1.165, 1.54) is 0 Å². The van der Waals surface area contributed by atoms with Crippen LogP contribution in [0.4, 0.5) is 0 Å². The Morgan fingerprint density at radius 2 is 1.29 bits per heavy atom. The molecule has 0 atom stereocenters. The average Bonchev–Trinajstić information content (AvgIpc) is 2.83. The first-order valence-electron chi connectivity index (χ1n) is 10.1. The van der Waals surface area contributed by atoms with Crippen molar-refractivity contribution >= 4 is 23.1 Å². The number of rotatable bonds is 12. The molecule has 0 fully saturated rings. The van der Waals surface area contributed by atoms with Gasteiger partial charge in [0, 0.05) is 10.6 Å². The van der Waals surface area contributed by atoms with Crippen LogP contribution in [0.5, 0.6) is 11.5 Å². The van der Waals surface area contributed by atoms with Crippen molar-refractivity contribution in [3.05, 3.63) is 78.9 Å². The highest BCUT2D eigenvalue weighted by atomic mass is 31.2. The van der Waals surface area contributed by atoms with Gasteiger partial charge in [0.15, 0.2) is 7.14 Å². The Bertz CT molecular complexity index is 934. The minimum absolute atomic E-state index is 0.0562. The second kappa shape index (κ2) is 11.7. The molecule has 7 heteroatoms. The molecule has 3 aromatic carbocycles. The van der Waals surface area contributed by atoms with Gasteiger partial charge in [0.2, 0.25) is 0 Å². The van der Waals surface area contributed by atoms with Crippen molar-refractivity contribution in [2.75, 3.05) is 39.6 Å². The van der Waals surface area contributed by atoms with Crippen LogP contribution in [0.1, 0.15) is 0 Å². The number of aliphatic hydroxyl groups excluding tert-OH is 2. The molecule has 0 unspecified atom stereocenters. The normalized spacial score (nSPS) is 11.3. The van der Waals surface area contributed by atoms with Crippen LogP contribution in [-0.4, -0.2) is 49.9 Å². The summed E-state index contributed by atoms with van der Waals surface area (Å²) in [6.45, 7) is 0.730. The van der Waals surface area contributed by atoms with Crippen LogP contribution < -0.4 is 25.4 Å². The summed E-state index contributed by atoms with van der Waals surface area (Å²) in [5.41, 5.74) is 0. The van der Waals surface area contributed by atoms with E-state index in [2.05, 4.69) is 0 Å². The lowest BCUT2D eigenvalue weighted by molar-refractivity contribution is 0.0707. The highest BCUT2D eigenvalue weighted by Gasteiger charge is 2.33. The van der Waals surface area contributed by atoms with Crippen LogP contribution in [0.15, 0.2) is 78.9 Å². The molecular weight excluding hydrogens is 415 g/mol. The summed E-state index contributed by atoms with van der Waals surface area (Å²) in [6.07, 6.45) is 0. The van der Waals surface area contributed by atoms with E-state index in [1.54, 1.807) is 18.2 Å². The smallest absolute Gasteiger partial charge is 0.174 e. The molecule has 0 radical (unpaired) electrons. The number of aliphatic hydroxyl groups is 2. The van der Waals surface area contributed by atoms with Gasteiger partial charge in [0.1, 0.15) is 24.7 Å². The predicted octanol–water partition coefficient (Wildman–Crippen LogP) is 2.08. The molecule has 0 heterocycles. The average molecular weight is 442 g/mol. The topological polar surface area (TPSA) is 85.2 Å². The summed E-state index contributed by atoms with van der Waals surface area (Å²) in [5.74, 6) is 0.972. The molecule has 3 rings (SSSR count). The third kappa shape index (κ3) is 5.75. The number of ether oxygens (including phenoxy) is 3. The summed E-state index contributed by atoms with van der Waals surface area (Å²) in [5, 5.41) is 19.9. The van der Waals surface area contributed by atoms with Crippen molar-refractivity contribution in [1.82, 2.24) is 0 Å². The van der Waals surface area contributed by atoms with Gasteiger partial charge >= 0.3 is 0 Å². The molecule has 0 saturated heterocycles. The third-order valence-corrected chi connectivity index (χ3v) is 7.67. The number of benzene rings is 3. The summed E-state index contributed by atoms with van der Waals surface area (Å²) < 4.78 is 31.6. The molecule has 0 aliphatic carbocycles. The Morgan fingerprint density at radius 3 is 1.87 bits per heavy atom. The fraction of sp³-hybridized carbons (Fsp3) is 0.250. The summed E-state index contributed by atoms with van der Waals surface area (Å²) >= 11 is 0. The molecule has 0 aromatic heterocycles. The van der Waals surface area contributed by atoms with Gasteiger partial charge in [-0.3, -0.25) is 0 Å². The van der Waals surface area contributed by atoms with Gasteiger partial charge < -0.3 is 29.0 Å². The van der Waals surface area contributed by atoms with E-state index in [4.69, 9.17) is 24.4 Å². The van der Waals surface area contributed by atoms with E-state index < -0.39 is 7.14 Å². The van der Waals surface area contributed by atoms with Gasteiger partial charge in [-0.25, -0.2) is 0 Å². The van der Waals surface area contributed by atoms with Crippen LogP contribution in [-0.2, 0) is 9.30 Å². The number of hydrogen-bond acceptors (Lipinski definition) is 6. The van der Waals surface area contributed by atoms with E-state index in [-0.39, 0.29) is 33.0 Å². The Balaban J connectivity index is 2.08. The first-order valence-corrected chi connectivity index (χ1v) is 11.8. The fourth-order valence-corrected chi connectivity index (χ4v) is 6.00. The van der Waals surface area contributed by atoms with Crippen LogP contribution in [0.25, 0.3) is 0 Å². The largest absolute Gasteiger partial charge is 0.491 e. The fourth-order valence-electron chi connectivity index (χ4n) is 3.20. The van der Waals surface area contributed by atoms with Crippen LogP contribution >= 0.6 is 7.14 Å². The summed E-state index contributed by atoms with van der Waals surface area (Å²) in [4.78, 5) is 0. The molecule has 0 saturated carbocycles. The Labute approximate surface area is 182 Å². The minimum atomic E-state index is -3.28. The highest BCUT2D eigenvalue weighted by Crippen LogP contribution is 2.45. The molecule has 0 aliphatic heterocycles. The van der Waals surface area contributed by atoms with Crippen molar-refractivity contribution in [3.8, 4) is 11.5 Å². The standard InChI is InChI=1S/C24H27O6P/c25-13-15-28-17-18-30-23-12-11-20(29-16-14-26)19-24(23)31(27,21-7-3-1-4-8-21)22-9-5-2-6-10-22/h1-12,19,25-26H,13-18H2. The first-order chi connectivity index (χ1) is 15.2. The lowest BCUT2D eigenvalue weighted by Gasteiger charge is -2.23.